The minimum atomic E-state index is -0.291. The van der Waals surface area contributed by atoms with E-state index < -0.39 is 0 Å². The summed E-state index contributed by atoms with van der Waals surface area (Å²) in [6.45, 7) is 2.88. The van der Waals surface area contributed by atoms with Gasteiger partial charge >= 0.3 is 6.03 Å². The van der Waals surface area contributed by atoms with Gasteiger partial charge in [0.1, 0.15) is 11.6 Å². The Balaban J connectivity index is 1.42. The molecule has 26 heavy (non-hydrogen) atoms. The molecule has 0 bridgehead atoms. The van der Waals surface area contributed by atoms with E-state index in [1.165, 1.54) is 12.1 Å². The van der Waals surface area contributed by atoms with Gasteiger partial charge in [0, 0.05) is 26.1 Å². The van der Waals surface area contributed by atoms with Crippen molar-refractivity contribution in [1.82, 2.24) is 25.3 Å². The summed E-state index contributed by atoms with van der Waals surface area (Å²) in [6.07, 6.45) is 2.19. The average Bonchev–Trinajstić information content (AvgIpc) is 3.24. The SMILES string of the molecule is CCc1cc(CN(C)C(=O)NCCCc2nc3ccc(F)cc3[nH]2)on1. The second kappa shape index (κ2) is 7.99. The van der Waals surface area contributed by atoms with E-state index in [4.69, 9.17) is 4.52 Å². The Labute approximate surface area is 150 Å². The van der Waals surface area contributed by atoms with Crippen molar-refractivity contribution in [2.24, 2.45) is 0 Å². The number of imidazole rings is 1. The first kappa shape index (κ1) is 17.9. The standard InChI is InChI=1S/C18H22FN5O2/c1-3-13-10-14(26-23-13)11-24(2)18(25)20-8-4-5-17-21-15-7-6-12(19)9-16(15)22-17/h6-7,9-10H,3-5,8,11H2,1-2H3,(H,20,25)(H,21,22). The molecule has 0 spiro atoms. The highest BCUT2D eigenvalue weighted by Gasteiger charge is 2.12. The first-order valence-corrected chi connectivity index (χ1v) is 8.62. The molecule has 0 saturated heterocycles. The molecular weight excluding hydrogens is 337 g/mol. The Morgan fingerprint density at radius 3 is 3.00 bits per heavy atom. The zero-order chi connectivity index (χ0) is 18.5. The Bertz CT molecular complexity index is 889. The van der Waals surface area contributed by atoms with Crippen molar-refractivity contribution < 1.29 is 13.7 Å². The van der Waals surface area contributed by atoms with Crippen molar-refractivity contribution in [3.05, 3.63) is 47.4 Å². The van der Waals surface area contributed by atoms with Gasteiger partial charge in [0.2, 0.25) is 0 Å². The van der Waals surface area contributed by atoms with E-state index in [0.717, 1.165) is 29.9 Å². The molecule has 0 saturated carbocycles. The van der Waals surface area contributed by atoms with Crippen LogP contribution >= 0.6 is 0 Å². The van der Waals surface area contributed by atoms with Gasteiger partial charge in [0.05, 0.1) is 23.3 Å². The number of aromatic amines is 1. The molecule has 2 aromatic heterocycles. The highest BCUT2D eigenvalue weighted by molar-refractivity contribution is 5.75. The monoisotopic (exact) mass is 359 g/mol. The average molecular weight is 359 g/mol. The fourth-order valence-electron chi connectivity index (χ4n) is 2.64. The largest absolute Gasteiger partial charge is 0.359 e. The van der Waals surface area contributed by atoms with Crippen molar-refractivity contribution in [2.75, 3.05) is 13.6 Å². The summed E-state index contributed by atoms with van der Waals surface area (Å²) in [7, 11) is 1.71. The van der Waals surface area contributed by atoms with Crippen LogP contribution in [0.2, 0.25) is 0 Å². The van der Waals surface area contributed by atoms with Crippen LogP contribution in [0.5, 0.6) is 0 Å². The molecule has 2 amide bonds. The first-order valence-electron chi connectivity index (χ1n) is 8.62. The number of fused-ring (bicyclic) bond motifs is 1. The van der Waals surface area contributed by atoms with Crippen molar-refractivity contribution in [3.63, 3.8) is 0 Å². The second-order valence-electron chi connectivity index (χ2n) is 6.17. The summed E-state index contributed by atoms with van der Waals surface area (Å²) in [6, 6.07) is 6.14. The zero-order valence-electron chi connectivity index (χ0n) is 14.9. The topological polar surface area (TPSA) is 87.0 Å². The Hall–Kier alpha value is -2.90. The Morgan fingerprint density at radius 2 is 2.23 bits per heavy atom. The normalized spacial score (nSPS) is 11.0. The number of aromatic nitrogens is 3. The summed E-state index contributed by atoms with van der Waals surface area (Å²) in [5.41, 5.74) is 2.30. The number of hydrogen-bond donors (Lipinski definition) is 2. The molecule has 3 rings (SSSR count). The number of carbonyl (C=O) groups excluding carboxylic acids is 1. The number of urea groups is 1. The molecule has 2 N–H and O–H groups in total. The number of hydrogen-bond acceptors (Lipinski definition) is 4. The van der Waals surface area contributed by atoms with Crippen LogP contribution in [0.3, 0.4) is 0 Å². The molecule has 1 aromatic carbocycles. The summed E-state index contributed by atoms with van der Waals surface area (Å²) < 4.78 is 18.4. The number of rotatable bonds is 7. The third kappa shape index (κ3) is 4.38. The van der Waals surface area contributed by atoms with Crippen molar-refractivity contribution in [3.8, 4) is 0 Å². The molecule has 0 fully saturated rings. The van der Waals surface area contributed by atoms with E-state index in [1.807, 2.05) is 13.0 Å². The minimum Gasteiger partial charge on any atom is -0.359 e. The molecule has 2 heterocycles. The highest BCUT2D eigenvalue weighted by Crippen LogP contribution is 2.13. The fraction of sp³-hybridized carbons (Fsp3) is 0.389. The quantitative estimate of drug-likeness (QED) is 0.635. The third-order valence-electron chi connectivity index (χ3n) is 4.07. The second-order valence-corrected chi connectivity index (χ2v) is 6.17. The number of nitrogens with zero attached hydrogens (tertiary/aromatic N) is 3. The van der Waals surface area contributed by atoms with E-state index in [-0.39, 0.29) is 11.8 Å². The van der Waals surface area contributed by atoms with E-state index in [0.29, 0.717) is 30.8 Å². The number of benzene rings is 1. The van der Waals surface area contributed by atoms with Gasteiger partial charge in [0.25, 0.3) is 0 Å². The van der Waals surface area contributed by atoms with E-state index in [1.54, 1.807) is 18.0 Å². The van der Waals surface area contributed by atoms with Crippen molar-refractivity contribution >= 4 is 17.1 Å². The number of halogens is 1. The smallest absolute Gasteiger partial charge is 0.317 e. The maximum atomic E-state index is 13.2. The van der Waals surface area contributed by atoms with Crippen LogP contribution in [0.4, 0.5) is 9.18 Å². The maximum Gasteiger partial charge on any atom is 0.317 e. The number of nitrogens with one attached hydrogen (secondary N) is 2. The Kier molecular flexibility index (Phi) is 5.50. The van der Waals surface area contributed by atoms with Crippen molar-refractivity contribution in [1.29, 1.82) is 0 Å². The molecule has 0 aliphatic carbocycles. The van der Waals surface area contributed by atoms with Crippen LogP contribution in [0.15, 0.2) is 28.8 Å². The lowest BCUT2D eigenvalue weighted by Crippen LogP contribution is -2.37. The molecule has 7 nitrogen and oxygen atoms in total. The predicted octanol–water partition coefficient (Wildman–Crippen LogP) is 3.03. The number of amides is 2. The van der Waals surface area contributed by atoms with Gasteiger partial charge in [-0.1, -0.05) is 12.1 Å². The fourth-order valence-corrected chi connectivity index (χ4v) is 2.64. The maximum absolute atomic E-state index is 13.2. The molecule has 3 aromatic rings. The molecular formula is C18H22FN5O2. The summed E-state index contributed by atoms with van der Waals surface area (Å²) in [5, 5.41) is 6.77. The lowest BCUT2D eigenvalue weighted by atomic mass is 10.3. The van der Waals surface area contributed by atoms with Gasteiger partial charge in [-0.05, 0) is 31.0 Å². The first-order chi connectivity index (χ1) is 12.5. The van der Waals surface area contributed by atoms with Crippen molar-refractivity contribution in [2.45, 2.75) is 32.7 Å². The third-order valence-corrected chi connectivity index (χ3v) is 4.07. The molecule has 0 unspecified atom stereocenters. The number of aryl methyl sites for hydroxylation is 2. The van der Waals surface area contributed by atoms with E-state index >= 15 is 0 Å². The van der Waals surface area contributed by atoms with E-state index in [2.05, 4.69) is 20.4 Å². The van der Waals surface area contributed by atoms with Gasteiger partial charge in [-0.15, -0.1) is 0 Å². The van der Waals surface area contributed by atoms with Gasteiger partial charge in [-0.2, -0.15) is 0 Å². The van der Waals surface area contributed by atoms with Gasteiger partial charge < -0.3 is 19.7 Å². The number of H-pyrrole nitrogens is 1. The minimum absolute atomic E-state index is 0.175. The van der Waals surface area contributed by atoms with Gasteiger partial charge in [-0.25, -0.2) is 14.2 Å². The Morgan fingerprint density at radius 1 is 1.38 bits per heavy atom. The summed E-state index contributed by atoms with van der Waals surface area (Å²) >= 11 is 0. The molecule has 0 atom stereocenters. The van der Waals surface area contributed by atoms with Crippen LogP contribution in [-0.4, -0.2) is 39.6 Å². The summed E-state index contributed by atoms with van der Waals surface area (Å²) in [5.74, 6) is 1.15. The molecule has 0 aliphatic rings. The molecule has 8 heteroatoms. The lowest BCUT2D eigenvalue weighted by Gasteiger charge is -2.16. The van der Waals surface area contributed by atoms with Gasteiger partial charge in [-0.3, -0.25) is 0 Å². The highest BCUT2D eigenvalue weighted by atomic mass is 19.1. The lowest BCUT2D eigenvalue weighted by molar-refractivity contribution is 0.200. The summed E-state index contributed by atoms with van der Waals surface area (Å²) in [4.78, 5) is 21.1. The molecule has 138 valence electrons. The number of carbonyl (C=O) groups is 1. The zero-order valence-corrected chi connectivity index (χ0v) is 14.9. The van der Waals surface area contributed by atoms with Crippen LogP contribution < -0.4 is 5.32 Å². The predicted molar refractivity (Wildman–Crippen MR) is 95.1 cm³/mol. The van der Waals surface area contributed by atoms with Crippen LogP contribution in [-0.2, 0) is 19.4 Å². The van der Waals surface area contributed by atoms with Gasteiger partial charge in [0.15, 0.2) is 5.76 Å². The van der Waals surface area contributed by atoms with Crippen LogP contribution in [0.1, 0.15) is 30.6 Å². The van der Waals surface area contributed by atoms with E-state index in [9.17, 15) is 9.18 Å². The molecule has 0 radical (unpaired) electrons. The molecule has 0 aliphatic heterocycles. The van der Waals surface area contributed by atoms with Crippen LogP contribution in [0, 0.1) is 5.82 Å². The van der Waals surface area contributed by atoms with Crippen LogP contribution in [0.25, 0.3) is 11.0 Å².